The second-order valence-electron chi connectivity index (χ2n) is 11.2. The first-order valence-electron chi connectivity index (χ1n) is 14.6. The summed E-state index contributed by atoms with van der Waals surface area (Å²) in [7, 11) is -3.84. The summed E-state index contributed by atoms with van der Waals surface area (Å²) in [6.07, 6.45) is 2.06. The Balaban J connectivity index is 1.32. The lowest BCUT2D eigenvalue weighted by Gasteiger charge is -2.37. The number of halogens is 3. The maximum absolute atomic E-state index is 14.3. The summed E-state index contributed by atoms with van der Waals surface area (Å²) in [5.74, 6) is -3.36. The fourth-order valence-electron chi connectivity index (χ4n) is 5.81. The number of ether oxygens (including phenoxy) is 1. The van der Waals surface area contributed by atoms with E-state index >= 15 is 0 Å². The van der Waals surface area contributed by atoms with Crippen molar-refractivity contribution in [1.82, 2.24) is 9.03 Å². The average molecular weight is 639 g/mol. The number of rotatable bonds is 12. The topological polar surface area (TPSA) is 58.6 Å². The highest BCUT2D eigenvalue weighted by Gasteiger charge is 2.46. The summed E-state index contributed by atoms with van der Waals surface area (Å²) in [5, 5.41) is -0.139. The van der Waals surface area contributed by atoms with Gasteiger partial charge in [-0.1, -0.05) is 91.0 Å². The molecule has 6 rings (SSSR count). The number of thioether (sulfide) groups is 1. The lowest BCUT2D eigenvalue weighted by Crippen LogP contribution is -2.46. The minimum atomic E-state index is -3.84. The highest BCUT2D eigenvalue weighted by molar-refractivity contribution is 8.01. The molecule has 4 aromatic carbocycles. The van der Waals surface area contributed by atoms with E-state index in [0.717, 1.165) is 35.6 Å². The van der Waals surface area contributed by atoms with Gasteiger partial charge in [0.15, 0.2) is 11.6 Å². The molecule has 4 aromatic rings. The molecule has 5 nitrogen and oxygen atoms in total. The van der Waals surface area contributed by atoms with Crippen molar-refractivity contribution in [1.29, 1.82) is 0 Å². The van der Waals surface area contributed by atoms with Gasteiger partial charge in [0.2, 0.25) is 0 Å². The van der Waals surface area contributed by atoms with Crippen LogP contribution in [0.4, 0.5) is 13.2 Å². The van der Waals surface area contributed by atoms with Crippen LogP contribution >= 0.6 is 11.8 Å². The van der Waals surface area contributed by atoms with Gasteiger partial charge in [-0.15, -0.1) is 11.8 Å². The summed E-state index contributed by atoms with van der Waals surface area (Å²) < 4.78 is 78.0. The lowest BCUT2D eigenvalue weighted by atomic mass is 9.84. The Morgan fingerprint density at radius 2 is 1.32 bits per heavy atom. The summed E-state index contributed by atoms with van der Waals surface area (Å²) in [6.45, 7) is -0.103. The molecule has 10 heteroatoms. The standard InChI is InChI=1S/C34H33F3N2O3S2/c35-31-20-33(37)32(36)18-24(31)22-42-23-29-19-30(21-39(29)44(40,41)38-28-16-17-28)43-34(25-10-4-1-5-11-25,26-12-6-2-7-13-26)27-14-8-3-9-15-27/h1-15,18,20,28-30,38H,16-17,19,21-23H2/t29-,30+/m0/s1. The number of benzene rings is 4. The van der Waals surface area contributed by atoms with E-state index in [1.54, 1.807) is 11.8 Å². The average Bonchev–Trinajstić information content (AvgIpc) is 3.74. The van der Waals surface area contributed by atoms with Gasteiger partial charge in [-0.2, -0.15) is 17.4 Å². The van der Waals surface area contributed by atoms with Crippen molar-refractivity contribution in [3.8, 4) is 0 Å². The molecule has 1 N–H and O–H groups in total. The third kappa shape index (κ3) is 6.60. The molecule has 2 aliphatic rings. The molecule has 0 radical (unpaired) electrons. The van der Waals surface area contributed by atoms with Gasteiger partial charge in [-0.05, 0) is 42.0 Å². The van der Waals surface area contributed by atoms with Gasteiger partial charge in [0.05, 0.1) is 24.0 Å². The Morgan fingerprint density at radius 3 is 1.84 bits per heavy atom. The van der Waals surface area contributed by atoms with Crippen LogP contribution in [0, 0.1) is 17.5 Å². The molecule has 1 aliphatic heterocycles. The molecular weight excluding hydrogens is 606 g/mol. The second-order valence-corrected chi connectivity index (χ2v) is 14.4. The number of nitrogens with one attached hydrogen (secondary N) is 1. The van der Waals surface area contributed by atoms with E-state index in [9.17, 15) is 21.6 Å². The van der Waals surface area contributed by atoms with E-state index in [4.69, 9.17) is 4.74 Å². The summed E-state index contributed by atoms with van der Waals surface area (Å²) in [4.78, 5) is 0. The van der Waals surface area contributed by atoms with Crippen LogP contribution in [0.2, 0.25) is 0 Å². The zero-order chi connectivity index (χ0) is 30.7. The zero-order valence-corrected chi connectivity index (χ0v) is 25.5. The van der Waals surface area contributed by atoms with Crippen LogP contribution in [-0.4, -0.2) is 43.2 Å². The summed E-state index contributed by atoms with van der Waals surface area (Å²) in [5.41, 5.74) is 3.08. The number of hydrogen-bond donors (Lipinski definition) is 1. The number of nitrogens with zero attached hydrogens (tertiary/aromatic N) is 1. The smallest absolute Gasteiger partial charge is 0.280 e. The largest absolute Gasteiger partial charge is 0.375 e. The fourth-order valence-corrected chi connectivity index (χ4v) is 9.48. The Bertz CT molecular complexity index is 1580. The summed E-state index contributed by atoms with van der Waals surface area (Å²) >= 11 is 1.71. The Hall–Kier alpha value is -3.15. The van der Waals surface area contributed by atoms with Crippen LogP contribution < -0.4 is 4.72 Å². The van der Waals surface area contributed by atoms with Gasteiger partial charge in [0.1, 0.15) is 5.82 Å². The molecule has 1 saturated carbocycles. The second kappa shape index (κ2) is 13.1. The van der Waals surface area contributed by atoms with Crippen LogP contribution in [0.1, 0.15) is 41.5 Å². The van der Waals surface area contributed by atoms with Crippen molar-refractivity contribution < 1.29 is 26.3 Å². The molecule has 0 unspecified atom stereocenters. The van der Waals surface area contributed by atoms with Crippen molar-refractivity contribution in [3.05, 3.63) is 143 Å². The molecule has 0 amide bonds. The molecule has 2 atom stereocenters. The van der Waals surface area contributed by atoms with E-state index in [1.165, 1.54) is 4.31 Å². The van der Waals surface area contributed by atoms with Crippen LogP contribution in [0.5, 0.6) is 0 Å². The predicted molar refractivity (Wildman–Crippen MR) is 167 cm³/mol. The fraction of sp³-hybridized carbons (Fsp3) is 0.294. The van der Waals surface area contributed by atoms with Crippen molar-refractivity contribution in [3.63, 3.8) is 0 Å². The Labute approximate surface area is 260 Å². The lowest BCUT2D eigenvalue weighted by molar-refractivity contribution is 0.0849. The molecule has 1 aliphatic carbocycles. The first-order valence-corrected chi connectivity index (χ1v) is 16.9. The Kier molecular flexibility index (Phi) is 9.16. The number of hydrogen-bond acceptors (Lipinski definition) is 4. The third-order valence-corrected chi connectivity index (χ3v) is 11.5. The minimum Gasteiger partial charge on any atom is -0.375 e. The quantitative estimate of drug-likeness (QED) is 0.137. The minimum absolute atomic E-state index is 0.0317. The SMILES string of the molecule is O=S(=O)(NC1CC1)N1C[C@H](SC(c2ccccc2)(c2ccccc2)c2ccccc2)C[C@H]1COCc1cc(F)c(F)cc1F. The predicted octanol–water partition coefficient (Wildman–Crippen LogP) is 6.79. The van der Waals surface area contributed by atoms with Crippen LogP contribution in [-0.2, 0) is 26.3 Å². The van der Waals surface area contributed by atoms with E-state index in [1.807, 2.05) is 54.6 Å². The van der Waals surface area contributed by atoms with Gasteiger partial charge >= 0.3 is 0 Å². The van der Waals surface area contributed by atoms with Crippen molar-refractivity contribution in [2.75, 3.05) is 13.2 Å². The zero-order valence-electron chi connectivity index (χ0n) is 23.9. The third-order valence-electron chi connectivity index (χ3n) is 8.07. The van der Waals surface area contributed by atoms with Gasteiger partial charge < -0.3 is 4.74 Å². The molecule has 44 heavy (non-hydrogen) atoms. The van der Waals surface area contributed by atoms with Crippen LogP contribution in [0.25, 0.3) is 0 Å². The highest BCUT2D eigenvalue weighted by Crippen LogP contribution is 2.52. The van der Waals surface area contributed by atoms with Crippen molar-refractivity contribution in [2.45, 2.75) is 47.9 Å². The summed E-state index contributed by atoms with van der Waals surface area (Å²) in [6, 6.07) is 31.2. The molecular formula is C34H33F3N2O3S2. The van der Waals surface area contributed by atoms with Gasteiger partial charge in [-0.3, -0.25) is 0 Å². The first-order chi connectivity index (χ1) is 21.3. The Morgan fingerprint density at radius 1 is 0.795 bits per heavy atom. The van der Waals surface area contributed by atoms with Crippen LogP contribution in [0.15, 0.2) is 103 Å². The normalized spacial score (nSPS) is 19.3. The first kappa shape index (κ1) is 30.9. The maximum Gasteiger partial charge on any atom is 0.280 e. The van der Waals surface area contributed by atoms with Gasteiger partial charge in [0, 0.05) is 29.5 Å². The van der Waals surface area contributed by atoms with E-state index in [-0.39, 0.29) is 36.6 Å². The molecule has 1 heterocycles. The molecule has 0 aromatic heterocycles. The van der Waals surface area contributed by atoms with Crippen molar-refractivity contribution >= 4 is 22.0 Å². The monoisotopic (exact) mass is 638 g/mol. The van der Waals surface area contributed by atoms with E-state index in [0.29, 0.717) is 12.5 Å². The van der Waals surface area contributed by atoms with E-state index in [2.05, 4.69) is 41.1 Å². The maximum atomic E-state index is 14.3. The van der Waals surface area contributed by atoms with Gasteiger partial charge in [0.25, 0.3) is 10.2 Å². The molecule has 0 spiro atoms. The highest BCUT2D eigenvalue weighted by atomic mass is 32.2. The molecule has 1 saturated heterocycles. The molecule has 2 fully saturated rings. The molecule has 230 valence electrons. The van der Waals surface area contributed by atoms with E-state index < -0.39 is 38.4 Å². The van der Waals surface area contributed by atoms with Gasteiger partial charge in [-0.25, -0.2) is 13.2 Å². The van der Waals surface area contributed by atoms with Crippen molar-refractivity contribution in [2.24, 2.45) is 0 Å². The molecule has 0 bridgehead atoms. The van der Waals surface area contributed by atoms with Crippen LogP contribution in [0.3, 0.4) is 0 Å².